The summed E-state index contributed by atoms with van der Waals surface area (Å²) in [5.74, 6) is -0.528. The zero-order valence-corrected chi connectivity index (χ0v) is 26.9. The van der Waals surface area contributed by atoms with Crippen LogP contribution < -0.4 is 24.6 Å². The van der Waals surface area contributed by atoms with Gasteiger partial charge in [-0.1, -0.05) is 35.6 Å². The number of fused-ring (bicyclic) bond motifs is 9. The van der Waals surface area contributed by atoms with Crippen molar-refractivity contribution in [1.29, 1.82) is 0 Å². The monoisotopic (exact) mass is 669 g/mol. The third-order valence-electron chi connectivity index (χ3n) is 9.87. The molecule has 2 bridgehead atoms. The first-order chi connectivity index (χ1) is 22.8. The highest BCUT2D eigenvalue weighted by atomic mass is 32.2. The Morgan fingerprint density at radius 1 is 0.957 bits per heavy atom. The minimum absolute atomic E-state index is 0.0157. The first kappa shape index (κ1) is 29.8. The van der Waals surface area contributed by atoms with E-state index in [2.05, 4.69) is 10.3 Å². The first-order valence-corrected chi connectivity index (χ1v) is 17.3. The molecule has 4 aromatic rings. The number of para-hydroxylation sites is 1. The van der Waals surface area contributed by atoms with Crippen molar-refractivity contribution < 1.29 is 29.0 Å². The third kappa shape index (κ3) is 4.92. The molecule has 2 saturated carbocycles. The van der Waals surface area contributed by atoms with Crippen molar-refractivity contribution in [3.63, 3.8) is 0 Å². The highest BCUT2D eigenvalue weighted by Gasteiger charge is 2.69. The van der Waals surface area contributed by atoms with Crippen molar-refractivity contribution in [3.8, 4) is 17.2 Å². The molecule has 3 amide bonds. The van der Waals surface area contributed by atoms with Crippen LogP contribution in [0.4, 0.5) is 11.4 Å². The van der Waals surface area contributed by atoms with E-state index in [9.17, 15) is 24.3 Å². The number of aromatic amines is 1. The molecule has 47 heavy (non-hydrogen) atoms. The fourth-order valence-electron chi connectivity index (χ4n) is 8.21. The molecule has 4 unspecified atom stereocenters. The Balaban J connectivity index is 1.10. The maximum atomic E-state index is 14.0. The molecule has 12 heteroatoms. The van der Waals surface area contributed by atoms with Crippen molar-refractivity contribution in [3.05, 3.63) is 92.9 Å². The molecule has 1 aromatic heterocycles. The molecule has 4 aliphatic rings. The second kappa shape index (κ2) is 11.6. The molecule has 7 atom stereocenters. The van der Waals surface area contributed by atoms with Crippen LogP contribution in [0.15, 0.2) is 82.6 Å². The molecule has 10 nitrogen and oxygen atoms in total. The minimum Gasteiger partial charge on any atom is -0.508 e. The Kier molecular flexibility index (Phi) is 7.36. The number of carbonyl (C=O) groups is 3. The van der Waals surface area contributed by atoms with Crippen LogP contribution >= 0.6 is 23.1 Å². The lowest BCUT2D eigenvalue weighted by molar-refractivity contribution is -0.123. The van der Waals surface area contributed by atoms with Gasteiger partial charge in [-0.15, -0.1) is 11.8 Å². The smallest absolute Gasteiger partial charge is 0.305 e. The summed E-state index contributed by atoms with van der Waals surface area (Å²) in [4.78, 5) is 58.3. The van der Waals surface area contributed by atoms with Gasteiger partial charge in [-0.05, 0) is 85.2 Å². The summed E-state index contributed by atoms with van der Waals surface area (Å²) in [6, 6.07) is 21.0. The van der Waals surface area contributed by atoms with Gasteiger partial charge in [-0.2, -0.15) is 0 Å². The number of nitrogens with one attached hydrogen (secondary N) is 2. The zero-order chi connectivity index (χ0) is 32.4. The molecule has 3 N–H and O–H groups in total. The second-order valence-corrected chi connectivity index (χ2v) is 14.5. The predicted octanol–water partition coefficient (Wildman–Crippen LogP) is 5.24. The number of amides is 3. The number of H-pyrrole nitrogens is 1. The van der Waals surface area contributed by atoms with Crippen LogP contribution in [-0.4, -0.2) is 46.3 Å². The highest BCUT2D eigenvalue weighted by molar-refractivity contribution is 8.00. The van der Waals surface area contributed by atoms with E-state index in [1.54, 1.807) is 30.0 Å². The summed E-state index contributed by atoms with van der Waals surface area (Å²) >= 11 is 2.85. The van der Waals surface area contributed by atoms with E-state index in [4.69, 9.17) is 9.47 Å². The number of anilines is 2. The summed E-state index contributed by atoms with van der Waals surface area (Å²) in [5.41, 5.74) is 2.08. The van der Waals surface area contributed by atoms with Crippen molar-refractivity contribution in [2.45, 2.75) is 29.5 Å². The molecular weight excluding hydrogens is 639 g/mol. The number of aromatic nitrogens is 1. The molecular formula is C35H31N3O7S2. The molecule has 240 valence electrons. The Bertz CT molecular complexity index is 1940. The van der Waals surface area contributed by atoms with Gasteiger partial charge in [0, 0.05) is 21.7 Å². The fraction of sp³-hybridized carbons (Fsp3) is 0.314. The minimum atomic E-state index is -0.393. The SMILES string of the molecule is CCOc1cc([C@H]2c3sc(=O)[nH]c3SC3C2[C@H]2C[C@@H]3C3C(=O)N(c4ccccc4)C(=O)C32)ccc1OCC(=O)Nc1ccc(O)cc1. The molecule has 3 heterocycles. The number of carbonyl (C=O) groups excluding carboxylic acids is 3. The van der Waals surface area contributed by atoms with Gasteiger partial charge in [0.1, 0.15) is 5.75 Å². The summed E-state index contributed by atoms with van der Waals surface area (Å²) in [7, 11) is 0. The third-order valence-corrected chi connectivity index (χ3v) is 12.5. The first-order valence-electron chi connectivity index (χ1n) is 15.6. The van der Waals surface area contributed by atoms with Crippen molar-refractivity contribution in [2.75, 3.05) is 23.4 Å². The number of thiazole rings is 1. The van der Waals surface area contributed by atoms with Crippen LogP contribution in [-0.2, 0) is 14.4 Å². The maximum absolute atomic E-state index is 14.0. The number of phenolic OH excluding ortho intramolecular Hbond substituents is 1. The van der Waals surface area contributed by atoms with Crippen LogP contribution in [0, 0.1) is 29.6 Å². The summed E-state index contributed by atoms with van der Waals surface area (Å²) in [5, 5.41) is 13.1. The number of benzene rings is 3. The summed E-state index contributed by atoms with van der Waals surface area (Å²) < 4.78 is 11.9. The van der Waals surface area contributed by atoms with Gasteiger partial charge in [0.05, 0.1) is 29.2 Å². The lowest BCUT2D eigenvalue weighted by atomic mass is 9.68. The number of imide groups is 1. The second-order valence-electron chi connectivity index (χ2n) is 12.3. The van der Waals surface area contributed by atoms with E-state index in [-0.39, 0.29) is 69.8 Å². The molecule has 8 rings (SSSR count). The summed E-state index contributed by atoms with van der Waals surface area (Å²) in [6.45, 7) is 1.99. The molecule has 3 fully saturated rings. The van der Waals surface area contributed by atoms with Crippen LogP contribution in [0.5, 0.6) is 17.2 Å². The number of rotatable bonds is 8. The number of hydrogen-bond donors (Lipinski definition) is 3. The molecule has 2 aliphatic carbocycles. The van der Waals surface area contributed by atoms with Crippen LogP contribution in [0.25, 0.3) is 0 Å². The predicted molar refractivity (Wildman–Crippen MR) is 177 cm³/mol. The number of thioether (sulfide) groups is 1. The summed E-state index contributed by atoms with van der Waals surface area (Å²) in [6.07, 6.45) is 0.795. The van der Waals surface area contributed by atoms with Crippen LogP contribution in [0.2, 0.25) is 0 Å². The van der Waals surface area contributed by atoms with E-state index in [1.807, 2.05) is 49.4 Å². The lowest BCUT2D eigenvalue weighted by Crippen LogP contribution is -2.42. The number of phenols is 1. The Morgan fingerprint density at radius 2 is 1.70 bits per heavy atom. The van der Waals surface area contributed by atoms with Crippen molar-refractivity contribution in [2.24, 2.45) is 29.6 Å². The number of aromatic hydroxyl groups is 1. The van der Waals surface area contributed by atoms with Crippen LogP contribution in [0.1, 0.15) is 29.7 Å². The van der Waals surface area contributed by atoms with E-state index in [0.717, 1.165) is 21.9 Å². The molecule has 3 aromatic carbocycles. The highest BCUT2D eigenvalue weighted by Crippen LogP contribution is 2.68. The number of hydrogen-bond acceptors (Lipinski definition) is 9. The number of ether oxygens (including phenoxy) is 2. The quantitative estimate of drug-likeness (QED) is 0.171. The number of nitrogens with zero attached hydrogens (tertiary/aromatic N) is 1. The lowest BCUT2D eigenvalue weighted by Gasteiger charge is -2.43. The van der Waals surface area contributed by atoms with E-state index < -0.39 is 5.92 Å². The zero-order valence-electron chi connectivity index (χ0n) is 25.3. The van der Waals surface area contributed by atoms with Crippen molar-refractivity contribution in [1.82, 2.24) is 4.98 Å². The average Bonchev–Trinajstić information content (AvgIpc) is 3.80. The normalized spacial score (nSPS) is 26.9. The van der Waals surface area contributed by atoms with E-state index in [1.165, 1.54) is 28.4 Å². The standard InChI is InChI=1S/C35H31N3O7S2/c1-2-44-24-14-17(8-13-23(24)45-16-25(40)36-18-9-11-20(39)12-10-18)26-27-21-15-22(30(27)46-32-31(26)47-35(43)37-32)29-28(21)33(41)38(34(29)42)19-6-4-3-5-7-19/h3-14,21-22,26-30,39H,2,15-16H2,1H3,(H,36,40)(H,37,43)/t21-,22-,26-,27?,28?,29?,30?/m1/s1. The van der Waals surface area contributed by atoms with E-state index >= 15 is 0 Å². The van der Waals surface area contributed by atoms with Gasteiger partial charge in [-0.25, -0.2) is 0 Å². The van der Waals surface area contributed by atoms with Gasteiger partial charge in [0.25, 0.3) is 5.91 Å². The van der Waals surface area contributed by atoms with Gasteiger partial charge in [0.15, 0.2) is 18.1 Å². The molecule has 2 aliphatic heterocycles. The molecule has 0 radical (unpaired) electrons. The van der Waals surface area contributed by atoms with Gasteiger partial charge in [-0.3, -0.25) is 24.1 Å². The largest absolute Gasteiger partial charge is 0.508 e. The van der Waals surface area contributed by atoms with E-state index in [0.29, 0.717) is 29.5 Å². The van der Waals surface area contributed by atoms with Gasteiger partial charge < -0.3 is 24.9 Å². The Morgan fingerprint density at radius 3 is 2.45 bits per heavy atom. The van der Waals surface area contributed by atoms with Crippen molar-refractivity contribution >= 4 is 52.2 Å². The maximum Gasteiger partial charge on any atom is 0.305 e. The van der Waals surface area contributed by atoms with Crippen LogP contribution in [0.3, 0.4) is 0 Å². The Hall–Kier alpha value is -4.55. The van der Waals surface area contributed by atoms with Gasteiger partial charge >= 0.3 is 4.87 Å². The average molecular weight is 670 g/mol. The Labute approximate surface area is 278 Å². The molecule has 1 saturated heterocycles. The molecule has 0 spiro atoms. The van der Waals surface area contributed by atoms with Gasteiger partial charge in [0.2, 0.25) is 11.8 Å². The fourth-order valence-corrected chi connectivity index (χ4v) is 11.1. The topological polar surface area (TPSA) is 138 Å².